The number of amides is 1. The van der Waals surface area contributed by atoms with Gasteiger partial charge in [0.2, 0.25) is 6.41 Å². The van der Waals surface area contributed by atoms with Gasteiger partial charge in [-0.1, -0.05) is 48.5 Å². The van der Waals surface area contributed by atoms with E-state index in [1.807, 2.05) is 49.3 Å². The Bertz CT molecular complexity index is 1350. The van der Waals surface area contributed by atoms with Crippen LogP contribution in [0.1, 0.15) is 26.7 Å². The molecule has 0 saturated carbocycles. The third kappa shape index (κ3) is 9.04. The van der Waals surface area contributed by atoms with Crippen LogP contribution in [0.3, 0.4) is 0 Å². The quantitative estimate of drug-likeness (QED) is 0.102. The first-order valence-corrected chi connectivity index (χ1v) is 13.8. The van der Waals surface area contributed by atoms with Gasteiger partial charge in [0.25, 0.3) is 0 Å². The Morgan fingerprint density at radius 1 is 1.26 bits per heavy atom. The Kier molecular flexibility index (Phi) is 14.5. The molecule has 0 aromatic carbocycles. The molecule has 0 aromatic rings. The first-order chi connectivity index (χ1) is 20.3. The highest BCUT2D eigenvalue weighted by Crippen LogP contribution is 2.37. The number of nitrogens with zero attached hydrogens (tertiary/aromatic N) is 4. The summed E-state index contributed by atoms with van der Waals surface area (Å²) in [5.74, 6) is 1.76. The molecule has 2 rings (SSSR count). The average molecular weight is 614 g/mol. The van der Waals surface area contributed by atoms with Crippen LogP contribution in [0.2, 0.25) is 0 Å². The average Bonchev–Trinajstić information content (AvgIpc) is 3.09. The van der Waals surface area contributed by atoms with E-state index in [1.165, 1.54) is 0 Å². The summed E-state index contributed by atoms with van der Waals surface area (Å²) in [7, 11) is 3.19. The van der Waals surface area contributed by atoms with Gasteiger partial charge < -0.3 is 20.1 Å². The van der Waals surface area contributed by atoms with Crippen molar-refractivity contribution in [3.8, 4) is 0 Å². The van der Waals surface area contributed by atoms with Crippen LogP contribution in [0.5, 0.6) is 0 Å². The van der Waals surface area contributed by atoms with Crippen molar-refractivity contribution in [1.82, 2.24) is 15.5 Å². The Labute approximate surface area is 258 Å². The predicted octanol–water partition coefficient (Wildman–Crippen LogP) is 6.00. The highest BCUT2D eigenvalue weighted by molar-refractivity contribution is 6.37. The van der Waals surface area contributed by atoms with E-state index in [9.17, 15) is 4.79 Å². The van der Waals surface area contributed by atoms with Gasteiger partial charge in [-0.15, -0.1) is 0 Å². The van der Waals surface area contributed by atoms with Gasteiger partial charge in [0.15, 0.2) is 0 Å². The maximum atomic E-state index is 11.0. The molecule has 0 fully saturated rings. The van der Waals surface area contributed by atoms with Crippen LogP contribution in [0.15, 0.2) is 120 Å². The topological polar surface area (TPSA) is 99.9 Å². The number of carbonyl (C=O) groups is 1. The van der Waals surface area contributed by atoms with E-state index in [-0.39, 0.29) is 6.67 Å². The number of carbonyl (C=O) groups excluding carboxylic acids is 1. The van der Waals surface area contributed by atoms with Gasteiger partial charge in [-0.3, -0.25) is 19.7 Å². The molecule has 11 heteroatoms. The fraction of sp³-hybridized carbons (Fsp3) is 0.290. The monoisotopic (exact) mass is 612 g/mol. The van der Waals surface area contributed by atoms with Gasteiger partial charge >= 0.3 is 0 Å². The molecule has 42 heavy (non-hydrogen) atoms. The van der Waals surface area contributed by atoms with Crippen LogP contribution in [0.4, 0.5) is 0 Å². The molecule has 0 spiro atoms. The summed E-state index contributed by atoms with van der Waals surface area (Å²) in [6.07, 6.45) is 13.9. The fourth-order valence-electron chi connectivity index (χ4n) is 4.15. The van der Waals surface area contributed by atoms with Crippen molar-refractivity contribution in [1.29, 1.82) is 0 Å². The molecule has 0 radical (unpaired) electrons. The number of aliphatic imine (C=N–C) groups is 3. The predicted molar refractivity (Wildman–Crippen MR) is 174 cm³/mol. The summed E-state index contributed by atoms with van der Waals surface area (Å²) in [5.41, 5.74) is 4.04. The standard InChI is InChI=1S/C31H38Cl2N6O3/c1-8-11-26(25(9-2)38-20-40)36-19-37-31(22(4)17-34-5)39-15-10-14-35-30(39)21(3)16-24-28(32)23(18-41-6)12-13-27(42-7)29(24)33/h8-12,15,17,20,36H,2-3,5,13-14,16,18-19H2,1,4,6-7H3,(H,38,40)/b11-8-,22-17-,26-25-,37-31+. The summed E-state index contributed by atoms with van der Waals surface area (Å²) in [4.78, 5) is 26.4. The molecule has 224 valence electrons. The SMILES string of the molecule is C=C/C(NC=O)=C(\C=C/C)NC/N=C(\C(C)=C/N=C)N1C=CCN=C1C(=C)CC1=C(Cl)C(COC)=CCC(OC)=C1Cl. The number of nitrogens with one attached hydrogen (secondary N) is 2. The van der Waals surface area contributed by atoms with Crippen LogP contribution in [0.25, 0.3) is 0 Å². The maximum Gasteiger partial charge on any atom is 0.211 e. The van der Waals surface area contributed by atoms with Gasteiger partial charge in [0.1, 0.15) is 24.1 Å². The summed E-state index contributed by atoms with van der Waals surface area (Å²) in [5, 5.41) is 6.78. The third-order valence-corrected chi connectivity index (χ3v) is 6.99. The second kappa shape index (κ2) is 17.8. The van der Waals surface area contributed by atoms with Crippen molar-refractivity contribution in [3.63, 3.8) is 0 Å². The minimum atomic E-state index is 0.160. The lowest BCUT2D eigenvalue weighted by molar-refractivity contribution is -0.108. The normalized spacial score (nSPS) is 17.0. The van der Waals surface area contributed by atoms with E-state index in [1.54, 1.807) is 26.5 Å². The van der Waals surface area contributed by atoms with Gasteiger partial charge in [-0.25, -0.2) is 4.99 Å². The summed E-state index contributed by atoms with van der Waals surface area (Å²) >= 11 is 13.6. The van der Waals surface area contributed by atoms with E-state index in [4.69, 9.17) is 42.7 Å². The first kappa shape index (κ1) is 34.3. The van der Waals surface area contributed by atoms with Crippen molar-refractivity contribution in [3.05, 3.63) is 105 Å². The lowest BCUT2D eigenvalue weighted by atomic mass is 10.0. The van der Waals surface area contributed by atoms with Gasteiger partial charge in [-0.2, -0.15) is 0 Å². The molecule has 1 aliphatic heterocycles. The maximum absolute atomic E-state index is 11.0. The van der Waals surface area contributed by atoms with E-state index >= 15 is 0 Å². The van der Waals surface area contributed by atoms with Crippen molar-refractivity contribution in [2.45, 2.75) is 26.7 Å². The van der Waals surface area contributed by atoms with Gasteiger partial charge in [-0.05, 0) is 55.5 Å². The van der Waals surface area contributed by atoms with E-state index in [0.29, 0.717) is 82.4 Å². The molecular formula is C31H38Cl2N6O3. The molecule has 1 aliphatic carbocycles. The highest BCUT2D eigenvalue weighted by atomic mass is 35.5. The molecule has 0 unspecified atom stereocenters. The number of hydrogen-bond donors (Lipinski definition) is 2. The van der Waals surface area contributed by atoms with Crippen molar-refractivity contribution < 1.29 is 14.3 Å². The summed E-state index contributed by atoms with van der Waals surface area (Å²) < 4.78 is 10.9. The van der Waals surface area contributed by atoms with Crippen molar-refractivity contribution in [2.75, 3.05) is 34.0 Å². The highest BCUT2D eigenvalue weighted by Gasteiger charge is 2.26. The molecule has 0 aromatic heterocycles. The molecule has 9 nitrogen and oxygen atoms in total. The fourth-order valence-corrected chi connectivity index (χ4v) is 4.81. The first-order valence-electron chi connectivity index (χ1n) is 13.1. The molecule has 0 saturated heterocycles. The van der Waals surface area contributed by atoms with Crippen molar-refractivity contribution >= 4 is 48.0 Å². The largest absolute Gasteiger partial charge is 0.499 e. The molecule has 1 amide bonds. The molecule has 2 N–H and O–H groups in total. The van der Waals surface area contributed by atoms with E-state index in [0.717, 1.165) is 11.1 Å². The minimum absolute atomic E-state index is 0.160. The molecule has 2 aliphatic rings. The van der Waals surface area contributed by atoms with Gasteiger partial charge in [0, 0.05) is 37.9 Å². The van der Waals surface area contributed by atoms with Crippen LogP contribution < -0.4 is 10.6 Å². The second-order valence-corrected chi connectivity index (χ2v) is 9.66. The number of amidine groups is 2. The number of ether oxygens (including phenoxy) is 2. The lowest BCUT2D eigenvalue weighted by Crippen LogP contribution is -2.37. The number of allylic oxidation sites excluding steroid dienone is 6. The van der Waals surface area contributed by atoms with E-state index < -0.39 is 0 Å². The molecule has 1 heterocycles. The van der Waals surface area contributed by atoms with Gasteiger partial charge in [0.05, 0.1) is 41.7 Å². The third-order valence-electron chi connectivity index (χ3n) is 6.08. The lowest BCUT2D eigenvalue weighted by Gasteiger charge is -2.28. The Hall–Kier alpha value is -3.92. The number of rotatable bonds is 15. The van der Waals surface area contributed by atoms with Crippen molar-refractivity contribution in [2.24, 2.45) is 15.0 Å². The van der Waals surface area contributed by atoms with Crippen LogP contribution in [-0.2, 0) is 14.3 Å². The van der Waals surface area contributed by atoms with Crippen LogP contribution >= 0.6 is 23.2 Å². The zero-order chi connectivity index (χ0) is 31.1. The second-order valence-electron chi connectivity index (χ2n) is 8.90. The smallest absolute Gasteiger partial charge is 0.211 e. The van der Waals surface area contributed by atoms with Crippen LogP contribution in [0, 0.1) is 0 Å². The molecule has 0 bridgehead atoms. The number of methoxy groups -OCH3 is 2. The Morgan fingerprint density at radius 2 is 2.02 bits per heavy atom. The van der Waals surface area contributed by atoms with Crippen LogP contribution in [-0.4, -0.2) is 63.7 Å². The number of halogens is 2. The summed E-state index contributed by atoms with van der Waals surface area (Å²) in [6.45, 7) is 16.4. The zero-order valence-corrected chi connectivity index (χ0v) is 26.1. The van der Waals surface area contributed by atoms with E-state index in [2.05, 4.69) is 35.5 Å². The molecular weight excluding hydrogens is 575 g/mol. The Morgan fingerprint density at radius 3 is 2.64 bits per heavy atom. The summed E-state index contributed by atoms with van der Waals surface area (Å²) in [6, 6.07) is 0. The number of hydrogen-bond acceptors (Lipinski definition) is 7. The minimum Gasteiger partial charge on any atom is -0.499 e. The Balaban J connectivity index is 2.50. The molecule has 0 atom stereocenters. The zero-order valence-electron chi connectivity index (χ0n) is 24.5.